The number of alkyl carbamates (subject to hydrolysis) is 1. The quantitative estimate of drug-likeness (QED) is 0.356. The average molecular weight is 352 g/mol. The summed E-state index contributed by atoms with van der Waals surface area (Å²) in [6.45, 7) is 5.31. The molecule has 0 bridgehead atoms. The van der Waals surface area contributed by atoms with E-state index < -0.39 is 23.7 Å². The van der Waals surface area contributed by atoms with Crippen LogP contribution >= 0.6 is 11.6 Å². The number of hydrogen-bond donors (Lipinski definition) is 2. The molecule has 2 N–H and O–H groups in total. The van der Waals surface area contributed by atoms with E-state index >= 15 is 0 Å². The largest absolute Gasteiger partial charge is 0.480 e. The minimum Gasteiger partial charge on any atom is -0.480 e. The molecule has 0 heterocycles. The summed E-state index contributed by atoms with van der Waals surface area (Å²) in [5.74, 6) is -1.03. The lowest BCUT2D eigenvalue weighted by Crippen LogP contribution is -2.43. The van der Waals surface area contributed by atoms with Gasteiger partial charge in [-0.25, -0.2) is 9.59 Å². The molecule has 0 aliphatic carbocycles. The molecule has 0 aliphatic rings. The number of halogens is 1. The van der Waals surface area contributed by atoms with Crippen molar-refractivity contribution in [1.82, 2.24) is 5.32 Å². The number of esters is 1. The average Bonchev–Trinajstić information content (AvgIpc) is 2.41. The number of amides is 1. The maximum Gasteiger partial charge on any atom is 0.408 e. The van der Waals surface area contributed by atoms with Gasteiger partial charge in [0, 0.05) is 12.3 Å². The second-order valence-electron chi connectivity index (χ2n) is 6.05. The van der Waals surface area contributed by atoms with Crippen LogP contribution in [0.15, 0.2) is 0 Å². The fraction of sp³-hybridized carbons (Fsp3) is 0.800. The van der Waals surface area contributed by atoms with Gasteiger partial charge in [0.05, 0.1) is 6.61 Å². The Morgan fingerprint density at radius 1 is 1.17 bits per heavy atom. The van der Waals surface area contributed by atoms with Crippen LogP contribution in [0.3, 0.4) is 0 Å². The maximum absolute atomic E-state index is 11.6. The normalized spacial score (nSPS) is 12.3. The number of aliphatic carboxylic acids is 1. The van der Waals surface area contributed by atoms with Crippen LogP contribution in [0.4, 0.5) is 4.79 Å². The molecule has 1 atom stereocenters. The van der Waals surface area contributed by atoms with Crippen LogP contribution in [-0.4, -0.2) is 47.3 Å². The van der Waals surface area contributed by atoms with Gasteiger partial charge in [-0.3, -0.25) is 4.79 Å². The Morgan fingerprint density at radius 2 is 1.83 bits per heavy atom. The molecule has 1 amide bonds. The number of unbranched alkanes of at least 4 members (excludes halogenated alkanes) is 1. The van der Waals surface area contributed by atoms with Gasteiger partial charge in [0.1, 0.15) is 11.6 Å². The third kappa shape index (κ3) is 12.7. The molecule has 0 fully saturated rings. The molecule has 0 saturated heterocycles. The van der Waals surface area contributed by atoms with Crippen LogP contribution in [0.1, 0.15) is 52.9 Å². The van der Waals surface area contributed by atoms with E-state index in [4.69, 9.17) is 26.2 Å². The van der Waals surface area contributed by atoms with Crippen molar-refractivity contribution in [2.45, 2.75) is 64.5 Å². The first-order chi connectivity index (χ1) is 10.7. The van der Waals surface area contributed by atoms with E-state index in [1.807, 2.05) is 0 Å². The maximum atomic E-state index is 11.6. The lowest BCUT2D eigenvalue weighted by Gasteiger charge is -2.22. The summed E-state index contributed by atoms with van der Waals surface area (Å²) in [4.78, 5) is 33.9. The highest BCUT2D eigenvalue weighted by Crippen LogP contribution is 2.08. The predicted molar refractivity (Wildman–Crippen MR) is 85.6 cm³/mol. The summed E-state index contributed by atoms with van der Waals surface area (Å²) < 4.78 is 10.00. The minimum atomic E-state index is -1.13. The topological polar surface area (TPSA) is 102 Å². The van der Waals surface area contributed by atoms with Crippen molar-refractivity contribution in [2.75, 3.05) is 12.5 Å². The number of carboxylic acids is 1. The molecule has 0 spiro atoms. The van der Waals surface area contributed by atoms with Gasteiger partial charge in [0.15, 0.2) is 0 Å². The standard InChI is InChI=1S/C15H26ClNO6/c1-15(2,3)23-14(21)17-11(13(19)20)7-4-5-10-22-12(18)8-6-9-16/h11H,4-10H2,1-3H3,(H,17,21)(H,19,20)/t11-/m0/s1. The molecule has 0 radical (unpaired) electrons. The number of carbonyl (C=O) groups is 3. The summed E-state index contributed by atoms with van der Waals surface area (Å²) in [5, 5.41) is 11.4. The third-order valence-electron chi connectivity index (χ3n) is 2.65. The molecule has 0 aliphatic heterocycles. The van der Waals surface area contributed by atoms with E-state index in [0.29, 0.717) is 25.1 Å². The number of carboxylic acid groups (broad SMARTS) is 1. The summed E-state index contributed by atoms with van der Waals surface area (Å²) in [5.41, 5.74) is -0.690. The smallest absolute Gasteiger partial charge is 0.408 e. The first-order valence-electron chi connectivity index (χ1n) is 7.59. The molecular weight excluding hydrogens is 326 g/mol. The molecule has 0 rings (SSSR count). The fourth-order valence-electron chi connectivity index (χ4n) is 1.63. The van der Waals surface area contributed by atoms with Gasteiger partial charge in [0.2, 0.25) is 0 Å². The molecular formula is C15H26ClNO6. The van der Waals surface area contributed by atoms with E-state index in [0.717, 1.165) is 0 Å². The van der Waals surface area contributed by atoms with Crippen molar-refractivity contribution in [3.8, 4) is 0 Å². The highest BCUT2D eigenvalue weighted by Gasteiger charge is 2.23. The first kappa shape index (κ1) is 21.5. The molecule has 23 heavy (non-hydrogen) atoms. The van der Waals surface area contributed by atoms with Crippen molar-refractivity contribution >= 4 is 29.6 Å². The van der Waals surface area contributed by atoms with Crippen molar-refractivity contribution < 1.29 is 29.0 Å². The number of alkyl halides is 1. The van der Waals surface area contributed by atoms with Crippen LogP contribution in [0.25, 0.3) is 0 Å². The zero-order chi connectivity index (χ0) is 17.9. The molecule has 0 aromatic carbocycles. The van der Waals surface area contributed by atoms with Crippen LogP contribution in [0.5, 0.6) is 0 Å². The summed E-state index contributed by atoms with van der Waals surface area (Å²) in [7, 11) is 0. The summed E-state index contributed by atoms with van der Waals surface area (Å²) in [6, 6.07) is -1.03. The molecule has 134 valence electrons. The van der Waals surface area contributed by atoms with Gasteiger partial charge < -0.3 is 19.9 Å². The third-order valence-corrected chi connectivity index (χ3v) is 2.92. The summed E-state index contributed by atoms with van der Waals surface area (Å²) in [6.07, 6.45) is 1.33. The number of carbonyl (C=O) groups excluding carboxylic acids is 2. The molecule has 8 heteroatoms. The number of rotatable bonds is 10. The Morgan fingerprint density at radius 3 is 2.35 bits per heavy atom. The molecule has 0 aromatic rings. The molecule has 0 saturated carbocycles. The minimum absolute atomic E-state index is 0.222. The lowest BCUT2D eigenvalue weighted by atomic mass is 10.1. The highest BCUT2D eigenvalue weighted by molar-refractivity contribution is 6.17. The summed E-state index contributed by atoms with van der Waals surface area (Å²) >= 11 is 5.47. The SMILES string of the molecule is CC(C)(C)OC(=O)N[C@@H](CCCCOC(=O)CCCCl)C(=O)O. The van der Waals surface area contributed by atoms with Crippen molar-refractivity contribution in [3.05, 3.63) is 0 Å². The monoisotopic (exact) mass is 351 g/mol. The molecule has 7 nitrogen and oxygen atoms in total. The van der Waals surface area contributed by atoms with Gasteiger partial charge >= 0.3 is 18.0 Å². The molecule has 0 aromatic heterocycles. The number of ether oxygens (including phenoxy) is 2. The first-order valence-corrected chi connectivity index (χ1v) is 8.13. The van der Waals surface area contributed by atoms with E-state index in [-0.39, 0.29) is 25.4 Å². The van der Waals surface area contributed by atoms with Gasteiger partial charge in [-0.1, -0.05) is 0 Å². The lowest BCUT2D eigenvalue weighted by molar-refractivity contribution is -0.144. The Kier molecular flexibility index (Phi) is 10.4. The molecule has 0 unspecified atom stereocenters. The predicted octanol–water partition coefficient (Wildman–Crippen LogP) is 2.70. The van der Waals surface area contributed by atoms with E-state index in [1.54, 1.807) is 20.8 Å². The second-order valence-corrected chi connectivity index (χ2v) is 6.42. The Bertz CT molecular complexity index is 394. The van der Waals surface area contributed by atoms with Gasteiger partial charge in [-0.05, 0) is 46.5 Å². The van der Waals surface area contributed by atoms with Crippen molar-refractivity contribution in [1.29, 1.82) is 0 Å². The Labute approximate surface area is 141 Å². The van der Waals surface area contributed by atoms with E-state index in [2.05, 4.69) is 5.32 Å². The van der Waals surface area contributed by atoms with Gasteiger partial charge in [-0.15, -0.1) is 11.6 Å². The zero-order valence-electron chi connectivity index (χ0n) is 13.9. The van der Waals surface area contributed by atoms with Crippen LogP contribution < -0.4 is 5.32 Å². The van der Waals surface area contributed by atoms with Crippen LogP contribution in [-0.2, 0) is 19.1 Å². The Hall–Kier alpha value is -1.50. The highest BCUT2D eigenvalue weighted by atomic mass is 35.5. The fourth-order valence-corrected chi connectivity index (χ4v) is 1.76. The van der Waals surface area contributed by atoms with Crippen LogP contribution in [0.2, 0.25) is 0 Å². The van der Waals surface area contributed by atoms with Crippen molar-refractivity contribution in [3.63, 3.8) is 0 Å². The Balaban J connectivity index is 4.00. The zero-order valence-corrected chi connectivity index (χ0v) is 14.6. The number of nitrogens with one attached hydrogen (secondary N) is 1. The van der Waals surface area contributed by atoms with E-state index in [1.165, 1.54) is 0 Å². The number of hydrogen-bond acceptors (Lipinski definition) is 5. The van der Waals surface area contributed by atoms with E-state index in [9.17, 15) is 14.4 Å². The second kappa shape index (κ2) is 11.1. The van der Waals surface area contributed by atoms with Gasteiger partial charge in [0.25, 0.3) is 0 Å². The van der Waals surface area contributed by atoms with Crippen LogP contribution in [0, 0.1) is 0 Å². The van der Waals surface area contributed by atoms with Gasteiger partial charge in [-0.2, -0.15) is 0 Å². The van der Waals surface area contributed by atoms with Crippen molar-refractivity contribution in [2.24, 2.45) is 0 Å².